The van der Waals surface area contributed by atoms with E-state index in [0.29, 0.717) is 0 Å². The highest BCUT2D eigenvalue weighted by Gasteiger charge is 2.16. The zero-order valence-electron chi connectivity index (χ0n) is 10.8. The van der Waals surface area contributed by atoms with Crippen molar-refractivity contribution < 1.29 is 9.90 Å². The Kier molecular flexibility index (Phi) is 5.13. The quantitative estimate of drug-likeness (QED) is 0.819. The second kappa shape index (κ2) is 6.84. The van der Waals surface area contributed by atoms with E-state index in [-0.39, 0.29) is 12.5 Å². The van der Waals surface area contributed by atoms with Crippen LogP contribution < -0.4 is 5.32 Å². The van der Waals surface area contributed by atoms with Gasteiger partial charge in [0.15, 0.2) is 0 Å². The monoisotopic (exact) mass is 295 g/mol. The summed E-state index contributed by atoms with van der Waals surface area (Å²) in [5.74, 6) is -0.772. The number of carboxylic acid groups (broad SMARTS) is 1. The van der Waals surface area contributed by atoms with Gasteiger partial charge in [-0.1, -0.05) is 13.0 Å². The third-order valence-electron chi connectivity index (χ3n) is 2.85. The molecule has 1 atom stereocenters. The van der Waals surface area contributed by atoms with Crippen LogP contribution in [0.2, 0.25) is 0 Å². The van der Waals surface area contributed by atoms with Gasteiger partial charge in [-0.05, 0) is 30.0 Å². The van der Waals surface area contributed by atoms with Crippen LogP contribution >= 0.6 is 22.7 Å². The van der Waals surface area contributed by atoms with E-state index in [4.69, 9.17) is 5.11 Å². The summed E-state index contributed by atoms with van der Waals surface area (Å²) in [6, 6.07) is 8.08. The topological polar surface area (TPSA) is 49.3 Å². The van der Waals surface area contributed by atoms with Crippen molar-refractivity contribution in [3.8, 4) is 0 Å². The fourth-order valence-corrected chi connectivity index (χ4v) is 3.58. The fraction of sp³-hybridized carbons (Fsp3) is 0.357. The smallest absolute Gasteiger partial charge is 0.305 e. The van der Waals surface area contributed by atoms with Gasteiger partial charge >= 0.3 is 5.97 Å². The Balaban J connectivity index is 1.98. The number of carbonyl (C=O) groups is 1. The number of rotatable bonds is 7. The predicted octanol–water partition coefficient (Wildman–Crippen LogP) is 3.68. The average molecular weight is 295 g/mol. The summed E-state index contributed by atoms with van der Waals surface area (Å²) in [5.41, 5.74) is 0. The van der Waals surface area contributed by atoms with Gasteiger partial charge in [-0.3, -0.25) is 4.79 Å². The van der Waals surface area contributed by atoms with Crippen LogP contribution in [0.1, 0.15) is 34.0 Å². The molecule has 0 amide bonds. The van der Waals surface area contributed by atoms with Crippen LogP contribution in [0.15, 0.2) is 29.6 Å². The van der Waals surface area contributed by atoms with Gasteiger partial charge in [0, 0.05) is 21.2 Å². The summed E-state index contributed by atoms with van der Waals surface area (Å²) in [7, 11) is 0. The van der Waals surface area contributed by atoms with Crippen molar-refractivity contribution in [3.63, 3.8) is 0 Å². The molecule has 2 aromatic heterocycles. The Morgan fingerprint density at radius 2 is 2.16 bits per heavy atom. The zero-order chi connectivity index (χ0) is 13.7. The molecule has 102 valence electrons. The average Bonchev–Trinajstić information content (AvgIpc) is 3.05. The van der Waals surface area contributed by atoms with Gasteiger partial charge in [-0.15, -0.1) is 22.7 Å². The number of nitrogens with one attached hydrogen (secondary N) is 1. The van der Waals surface area contributed by atoms with Crippen molar-refractivity contribution in [1.82, 2.24) is 5.32 Å². The van der Waals surface area contributed by atoms with Gasteiger partial charge in [0.05, 0.1) is 12.5 Å². The van der Waals surface area contributed by atoms with Crippen molar-refractivity contribution in [2.24, 2.45) is 0 Å². The first-order valence-electron chi connectivity index (χ1n) is 6.25. The molecule has 0 aromatic carbocycles. The van der Waals surface area contributed by atoms with E-state index >= 15 is 0 Å². The maximum atomic E-state index is 10.9. The Labute approximate surface area is 120 Å². The minimum atomic E-state index is -0.772. The Hall–Kier alpha value is -1.17. The van der Waals surface area contributed by atoms with Crippen molar-refractivity contribution >= 4 is 28.6 Å². The van der Waals surface area contributed by atoms with E-state index in [9.17, 15) is 4.79 Å². The van der Waals surface area contributed by atoms with Gasteiger partial charge in [0.1, 0.15) is 0 Å². The third-order valence-corrected chi connectivity index (χ3v) is 5.07. The number of aryl methyl sites for hydroxylation is 1. The molecule has 2 rings (SSSR count). The molecule has 0 bridgehead atoms. The molecule has 0 saturated carbocycles. The van der Waals surface area contributed by atoms with Gasteiger partial charge in [0.25, 0.3) is 0 Å². The molecule has 0 aliphatic heterocycles. The molecule has 0 aliphatic carbocycles. The summed E-state index contributed by atoms with van der Waals surface area (Å²) in [6.45, 7) is 2.86. The van der Waals surface area contributed by atoms with Crippen LogP contribution in [0.4, 0.5) is 0 Å². The Morgan fingerprint density at radius 3 is 2.74 bits per heavy atom. The lowest BCUT2D eigenvalue weighted by molar-refractivity contribution is -0.137. The van der Waals surface area contributed by atoms with E-state index in [2.05, 4.69) is 24.4 Å². The summed E-state index contributed by atoms with van der Waals surface area (Å²) in [4.78, 5) is 14.6. The molecule has 5 heteroatoms. The fourth-order valence-electron chi connectivity index (χ4n) is 1.87. The van der Waals surface area contributed by atoms with Crippen molar-refractivity contribution in [2.45, 2.75) is 32.4 Å². The lowest BCUT2D eigenvalue weighted by atomic mass is 10.1. The molecule has 2 heterocycles. The van der Waals surface area contributed by atoms with Crippen LogP contribution in [0.3, 0.4) is 0 Å². The number of aliphatic carboxylic acids is 1. The molecule has 0 aliphatic rings. The highest BCUT2D eigenvalue weighted by molar-refractivity contribution is 7.12. The van der Waals surface area contributed by atoms with Crippen LogP contribution in [0.25, 0.3) is 0 Å². The van der Waals surface area contributed by atoms with E-state index in [1.54, 1.807) is 22.7 Å². The molecular formula is C14H17NO2S2. The molecule has 19 heavy (non-hydrogen) atoms. The largest absolute Gasteiger partial charge is 0.481 e. The third kappa shape index (κ3) is 4.16. The van der Waals surface area contributed by atoms with Gasteiger partial charge in [-0.25, -0.2) is 0 Å². The van der Waals surface area contributed by atoms with E-state index in [0.717, 1.165) is 17.8 Å². The molecule has 3 nitrogen and oxygen atoms in total. The van der Waals surface area contributed by atoms with Crippen LogP contribution in [0.5, 0.6) is 0 Å². The number of thiophene rings is 2. The predicted molar refractivity (Wildman–Crippen MR) is 79.8 cm³/mol. The lowest BCUT2D eigenvalue weighted by Crippen LogP contribution is -2.22. The molecule has 2 N–H and O–H groups in total. The first kappa shape index (κ1) is 14.2. The van der Waals surface area contributed by atoms with Crippen LogP contribution in [-0.2, 0) is 17.8 Å². The number of hydrogen-bond donors (Lipinski definition) is 2. The van der Waals surface area contributed by atoms with Crippen LogP contribution in [0, 0.1) is 0 Å². The molecule has 1 unspecified atom stereocenters. The van der Waals surface area contributed by atoms with E-state index < -0.39 is 5.97 Å². The molecule has 0 fully saturated rings. The number of hydrogen-bond acceptors (Lipinski definition) is 4. The first-order chi connectivity index (χ1) is 9.19. The lowest BCUT2D eigenvalue weighted by Gasteiger charge is -2.14. The normalized spacial score (nSPS) is 12.5. The highest BCUT2D eigenvalue weighted by atomic mass is 32.1. The molecule has 0 spiro atoms. The van der Waals surface area contributed by atoms with E-state index in [1.165, 1.54) is 9.75 Å². The molecule has 0 radical (unpaired) electrons. The van der Waals surface area contributed by atoms with Crippen molar-refractivity contribution in [3.05, 3.63) is 44.3 Å². The molecule has 2 aromatic rings. The first-order valence-corrected chi connectivity index (χ1v) is 7.94. The van der Waals surface area contributed by atoms with Gasteiger partial charge in [-0.2, -0.15) is 0 Å². The summed E-state index contributed by atoms with van der Waals surface area (Å²) in [5, 5.41) is 14.3. The summed E-state index contributed by atoms with van der Waals surface area (Å²) >= 11 is 3.38. The van der Waals surface area contributed by atoms with Crippen molar-refractivity contribution in [1.29, 1.82) is 0 Å². The summed E-state index contributed by atoms with van der Waals surface area (Å²) in [6.07, 6.45) is 1.17. The standard InChI is InChI=1S/C14H17NO2S2/c1-2-10-5-6-11(19-10)9-15-12(8-14(16)17)13-4-3-7-18-13/h3-7,12,15H,2,8-9H2,1H3,(H,16,17). The molecule has 0 saturated heterocycles. The SMILES string of the molecule is CCc1ccc(CNC(CC(=O)O)c2cccs2)s1. The minimum absolute atomic E-state index is 0.107. The maximum Gasteiger partial charge on any atom is 0.305 e. The van der Waals surface area contributed by atoms with Crippen LogP contribution in [-0.4, -0.2) is 11.1 Å². The highest BCUT2D eigenvalue weighted by Crippen LogP contribution is 2.24. The zero-order valence-corrected chi connectivity index (χ0v) is 12.4. The Bertz CT molecular complexity index is 519. The summed E-state index contributed by atoms with van der Waals surface area (Å²) < 4.78 is 0. The minimum Gasteiger partial charge on any atom is -0.481 e. The Morgan fingerprint density at radius 1 is 1.37 bits per heavy atom. The van der Waals surface area contributed by atoms with Gasteiger partial charge in [0.2, 0.25) is 0 Å². The second-order valence-electron chi connectivity index (χ2n) is 4.27. The van der Waals surface area contributed by atoms with Crippen molar-refractivity contribution in [2.75, 3.05) is 0 Å². The molecular weight excluding hydrogens is 278 g/mol. The van der Waals surface area contributed by atoms with E-state index in [1.807, 2.05) is 17.5 Å². The second-order valence-corrected chi connectivity index (χ2v) is 6.50. The van der Waals surface area contributed by atoms with Gasteiger partial charge < -0.3 is 10.4 Å². The number of carboxylic acids is 1. The maximum absolute atomic E-state index is 10.9.